The number of hydrogen-bond donors (Lipinski definition) is 2. The number of nitrogen functional groups attached to an aromatic ring is 1. The van der Waals surface area contributed by atoms with Gasteiger partial charge in [0.2, 0.25) is 0 Å². The van der Waals surface area contributed by atoms with Crippen LogP contribution >= 0.6 is 0 Å². The number of azo groups is 1. The minimum atomic E-state index is -4.78. The van der Waals surface area contributed by atoms with E-state index in [0.29, 0.717) is 37.6 Å². The van der Waals surface area contributed by atoms with Crippen LogP contribution < -0.4 is 15.8 Å². The first-order valence-electron chi connectivity index (χ1n) is 9.56. The van der Waals surface area contributed by atoms with Gasteiger partial charge in [0, 0.05) is 18.7 Å². The lowest BCUT2D eigenvalue weighted by atomic mass is 9.94. The van der Waals surface area contributed by atoms with Gasteiger partial charge in [0.1, 0.15) is 24.2 Å². The predicted octanol–water partition coefficient (Wildman–Crippen LogP) is 4.83. The molecule has 0 aliphatic carbocycles. The SMILES string of the molecule is Nc1c(N=NC(F)(F)F)cccc1NC1c2ccccc2OCC1N1CCC(F)C1. The number of rotatable bonds is 4. The molecule has 3 unspecified atom stereocenters. The van der Waals surface area contributed by atoms with Gasteiger partial charge in [0.15, 0.2) is 0 Å². The third-order valence-electron chi connectivity index (χ3n) is 5.34. The zero-order chi connectivity index (χ0) is 21.3. The summed E-state index contributed by atoms with van der Waals surface area (Å²) in [4.78, 5) is 2.03. The van der Waals surface area contributed by atoms with Gasteiger partial charge in [-0.25, -0.2) is 4.39 Å². The van der Waals surface area contributed by atoms with Crippen molar-refractivity contribution in [2.45, 2.75) is 31.0 Å². The molecule has 2 heterocycles. The van der Waals surface area contributed by atoms with Gasteiger partial charge < -0.3 is 15.8 Å². The van der Waals surface area contributed by atoms with Gasteiger partial charge in [-0.2, -0.15) is 0 Å². The molecule has 0 aromatic heterocycles. The van der Waals surface area contributed by atoms with Crippen LogP contribution in [0.1, 0.15) is 18.0 Å². The van der Waals surface area contributed by atoms with Gasteiger partial charge in [-0.1, -0.05) is 29.4 Å². The van der Waals surface area contributed by atoms with E-state index < -0.39 is 12.5 Å². The first-order chi connectivity index (χ1) is 14.3. The summed E-state index contributed by atoms with van der Waals surface area (Å²) in [5.74, 6) is 0.703. The highest BCUT2D eigenvalue weighted by Crippen LogP contribution is 2.40. The Morgan fingerprint density at radius 3 is 2.67 bits per heavy atom. The van der Waals surface area contributed by atoms with E-state index in [4.69, 9.17) is 10.5 Å². The first-order valence-corrected chi connectivity index (χ1v) is 9.56. The number of benzene rings is 2. The average molecular weight is 423 g/mol. The zero-order valence-electron chi connectivity index (χ0n) is 15.9. The number of anilines is 2. The summed E-state index contributed by atoms with van der Waals surface area (Å²) in [6.45, 7) is 1.27. The van der Waals surface area contributed by atoms with Crippen LogP contribution in [0.3, 0.4) is 0 Å². The Balaban J connectivity index is 1.66. The van der Waals surface area contributed by atoms with E-state index in [1.807, 2.05) is 29.2 Å². The molecule has 0 radical (unpaired) electrons. The van der Waals surface area contributed by atoms with E-state index in [-0.39, 0.29) is 23.5 Å². The third-order valence-corrected chi connectivity index (χ3v) is 5.34. The molecule has 2 aromatic rings. The Labute approximate surface area is 170 Å². The number of alkyl halides is 4. The number of halogens is 4. The third kappa shape index (κ3) is 4.33. The molecule has 2 aliphatic heterocycles. The molecule has 30 heavy (non-hydrogen) atoms. The van der Waals surface area contributed by atoms with E-state index >= 15 is 0 Å². The van der Waals surface area contributed by atoms with Crippen LogP contribution in [0.25, 0.3) is 0 Å². The van der Waals surface area contributed by atoms with E-state index in [0.717, 1.165) is 5.56 Å². The molecule has 0 bridgehead atoms. The lowest BCUT2D eigenvalue weighted by Crippen LogP contribution is -2.47. The Bertz CT molecular complexity index is 936. The highest BCUT2D eigenvalue weighted by Gasteiger charge is 2.38. The summed E-state index contributed by atoms with van der Waals surface area (Å²) in [6.07, 6.45) is -5.21. The van der Waals surface area contributed by atoms with Crippen molar-refractivity contribution < 1.29 is 22.3 Å². The quantitative estimate of drug-likeness (QED) is 0.320. The molecule has 4 rings (SSSR count). The van der Waals surface area contributed by atoms with Gasteiger partial charge >= 0.3 is 6.30 Å². The fourth-order valence-electron chi connectivity index (χ4n) is 3.93. The van der Waals surface area contributed by atoms with Crippen LogP contribution in [-0.4, -0.2) is 43.1 Å². The molecular formula is C20H21F4N5O. The second-order valence-corrected chi connectivity index (χ2v) is 7.33. The van der Waals surface area contributed by atoms with Crippen molar-refractivity contribution in [3.63, 3.8) is 0 Å². The fourth-order valence-corrected chi connectivity index (χ4v) is 3.93. The van der Waals surface area contributed by atoms with Gasteiger partial charge in [-0.3, -0.25) is 4.90 Å². The summed E-state index contributed by atoms with van der Waals surface area (Å²) in [5, 5.41) is 8.91. The Morgan fingerprint density at radius 1 is 1.13 bits per heavy atom. The molecule has 10 heteroatoms. The van der Waals surface area contributed by atoms with Crippen LogP contribution in [0.2, 0.25) is 0 Å². The molecule has 3 N–H and O–H groups in total. The molecule has 1 saturated heterocycles. The Kier molecular flexibility index (Phi) is 5.50. The summed E-state index contributed by atoms with van der Waals surface area (Å²) in [6, 6.07) is 11.6. The second-order valence-electron chi connectivity index (χ2n) is 7.33. The van der Waals surface area contributed by atoms with Gasteiger partial charge in [0.25, 0.3) is 0 Å². The normalized spacial score (nSPS) is 24.6. The minimum absolute atomic E-state index is 0.0537. The van der Waals surface area contributed by atoms with Crippen molar-refractivity contribution in [3.05, 3.63) is 48.0 Å². The van der Waals surface area contributed by atoms with Crippen LogP contribution in [-0.2, 0) is 0 Å². The monoisotopic (exact) mass is 423 g/mol. The molecule has 160 valence electrons. The summed E-state index contributed by atoms with van der Waals surface area (Å²) in [5.41, 5.74) is 7.35. The number of likely N-dealkylation sites (tertiary alicyclic amines) is 1. The Morgan fingerprint density at radius 2 is 1.93 bits per heavy atom. The Hall–Kier alpha value is -2.88. The number of nitrogens with two attached hydrogens (primary N) is 1. The molecule has 0 amide bonds. The number of nitrogens with one attached hydrogen (secondary N) is 1. The van der Waals surface area contributed by atoms with Crippen molar-refractivity contribution >= 4 is 17.1 Å². The zero-order valence-corrected chi connectivity index (χ0v) is 15.9. The molecule has 2 aliphatic rings. The molecule has 0 saturated carbocycles. The lowest BCUT2D eigenvalue weighted by Gasteiger charge is -2.39. The summed E-state index contributed by atoms with van der Waals surface area (Å²) in [7, 11) is 0. The van der Waals surface area contributed by atoms with Crippen molar-refractivity contribution in [1.82, 2.24) is 4.90 Å². The van der Waals surface area contributed by atoms with Gasteiger partial charge in [-0.05, 0) is 24.6 Å². The fraction of sp³-hybridized carbons (Fsp3) is 0.400. The van der Waals surface area contributed by atoms with Crippen LogP contribution in [0.15, 0.2) is 52.7 Å². The summed E-state index contributed by atoms with van der Waals surface area (Å²) >= 11 is 0. The highest BCUT2D eigenvalue weighted by molar-refractivity contribution is 5.78. The van der Waals surface area contributed by atoms with E-state index in [9.17, 15) is 17.6 Å². The molecule has 2 aromatic carbocycles. The molecule has 0 spiro atoms. The minimum Gasteiger partial charge on any atom is -0.491 e. The van der Waals surface area contributed by atoms with Gasteiger partial charge in [-0.15, -0.1) is 18.3 Å². The maximum absolute atomic E-state index is 13.8. The first kappa shape index (κ1) is 20.4. The summed E-state index contributed by atoms with van der Waals surface area (Å²) < 4.78 is 56.9. The van der Waals surface area contributed by atoms with Crippen LogP contribution in [0.5, 0.6) is 5.75 Å². The van der Waals surface area contributed by atoms with E-state index in [1.165, 1.54) is 6.07 Å². The van der Waals surface area contributed by atoms with E-state index in [2.05, 4.69) is 15.5 Å². The standard InChI is InChI=1S/C20H21F4N5O/c21-12-8-9-29(10-12)16-11-30-17-7-2-1-4-13(17)19(16)26-14-5-3-6-15(18(14)25)27-28-20(22,23)24/h1-7,12,16,19,26H,8-11,25H2. The molecule has 3 atom stereocenters. The number of hydrogen-bond acceptors (Lipinski definition) is 6. The number of fused-ring (bicyclic) bond motifs is 1. The van der Waals surface area contributed by atoms with Crippen LogP contribution in [0, 0.1) is 0 Å². The number of nitrogens with zero attached hydrogens (tertiary/aromatic N) is 3. The number of ether oxygens (including phenoxy) is 1. The maximum atomic E-state index is 13.8. The van der Waals surface area contributed by atoms with Crippen molar-refractivity contribution in [2.24, 2.45) is 10.2 Å². The average Bonchev–Trinajstić information content (AvgIpc) is 3.14. The topological polar surface area (TPSA) is 75.2 Å². The number of para-hydroxylation sites is 2. The predicted molar refractivity (Wildman–Crippen MR) is 105 cm³/mol. The van der Waals surface area contributed by atoms with E-state index in [1.54, 1.807) is 12.1 Å². The second kappa shape index (κ2) is 8.10. The smallest absolute Gasteiger partial charge is 0.491 e. The van der Waals surface area contributed by atoms with Crippen molar-refractivity contribution in [2.75, 3.05) is 30.7 Å². The van der Waals surface area contributed by atoms with Crippen molar-refractivity contribution in [1.29, 1.82) is 0 Å². The lowest BCUT2D eigenvalue weighted by molar-refractivity contribution is -0.125. The molecule has 1 fully saturated rings. The van der Waals surface area contributed by atoms with Crippen molar-refractivity contribution in [3.8, 4) is 5.75 Å². The van der Waals surface area contributed by atoms with Gasteiger partial charge in [0.05, 0.1) is 23.5 Å². The largest absolute Gasteiger partial charge is 0.521 e. The van der Waals surface area contributed by atoms with Crippen LogP contribution in [0.4, 0.5) is 34.6 Å². The maximum Gasteiger partial charge on any atom is 0.521 e. The molecular weight excluding hydrogens is 402 g/mol. The highest BCUT2D eigenvalue weighted by atomic mass is 19.4. The molecule has 6 nitrogen and oxygen atoms in total.